The summed E-state index contributed by atoms with van der Waals surface area (Å²) < 4.78 is 10.7. The maximum absolute atomic E-state index is 5.45. The fourth-order valence-corrected chi connectivity index (χ4v) is 2.99. The Balaban J connectivity index is 2.16. The van der Waals surface area contributed by atoms with E-state index in [4.69, 9.17) is 9.47 Å². The molecule has 0 aliphatic heterocycles. The number of methoxy groups -OCH3 is 2. The van der Waals surface area contributed by atoms with Gasteiger partial charge in [0.15, 0.2) is 0 Å². The van der Waals surface area contributed by atoms with Crippen LogP contribution in [0.25, 0.3) is 0 Å². The molecule has 1 N–H and O–H groups in total. The van der Waals surface area contributed by atoms with Gasteiger partial charge in [0.05, 0.1) is 14.2 Å². The van der Waals surface area contributed by atoms with Crippen molar-refractivity contribution in [2.75, 3.05) is 21.3 Å². The minimum absolute atomic E-state index is 0.640. The molecule has 0 saturated heterocycles. The van der Waals surface area contributed by atoms with Gasteiger partial charge in [-0.1, -0.05) is 6.42 Å². The van der Waals surface area contributed by atoms with Crippen molar-refractivity contribution >= 4 is 0 Å². The molecule has 2 atom stereocenters. The molecule has 2 rings (SSSR count). The van der Waals surface area contributed by atoms with E-state index in [-0.39, 0.29) is 0 Å². The van der Waals surface area contributed by atoms with Crippen molar-refractivity contribution in [1.29, 1.82) is 0 Å². The monoisotopic (exact) mass is 249 g/mol. The van der Waals surface area contributed by atoms with E-state index in [2.05, 4.69) is 18.4 Å². The topological polar surface area (TPSA) is 30.5 Å². The Morgan fingerprint density at radius 3 is 2.72 bits per heavy atom. The number of benzene rings is 1. The first-order chi connectivity index (χ1) is 8.78. The second-order valence-corrected chi connectivity index (χ2v) is 4.97. The van der Waals surface area contributed by atoms with Gasteiger partial charge in [-0.05, 0) is 56.0 Å². The zero-order valence-corrected chi connectivity index (χ0v) is 11.5. The maximum atomic E-state index is 5.45. The summed E-state index contributed by atoms with van der Waals surface area (Å²) in [6.07, 6.45) is 4.97. The van der Waals surface area contributed by atoms with Crippen LogP contribution in [0.3, 0.4) is 0 Å². The molecule has 1 saturated carbocycles. The van der Waals surface area contributed by atoms with Gasteiger partial charge in [-0.3, -0.25) is 0 Å². The molecule has 1 aliphatic rings. The summed E-state index contributed by atoms with van der Waals surface area (Å²) in [5.74, 6) is 2.58. The highest BCUT2D eigenvalue weighted by molar-refractivity contribution is 5.40. The number of nitrogens with one attached hydrogen (secondary N) is 1. The highest BCUT2D eigenvalue weighted by Crippen LogP contribution is 2.33. The lowest BCUT2D eigenvalue weighted by Crippen LogP contribution is -2.30. The molecule has 3 heteroatoms. The summed E-state index contributed by atoms with van der Waals surface area (Å²) in [5.41, 5.74) is 1.25. The predicted octanol–water partition coefficient (Wildman–Crippen LogP) is 2.63. The first-order valence-electron chi connectivity index (χ1n) is 6.66. The average molecular weight is 249 g/mol. The van der Waals surface area contributed by atoms with Gasteiger partial charge in [0.1, 0.15) is 11.5 Å². The highest BCUT2D eigenvalue weighted by Gasteiger charge is 2.26. The smallest absolute Gasteiger partial charge is 0.122 e. The fourth-order valence-electron chi connectivity index (χ4n) is 2.99. The number of ether oxygens (including phenoxy) is 2. The van der Waals surface area contributed by atoms with Crippen molar-refractivity contribution in [3.63, 3.8) is 0 Å². The molecule has 18 heavy (non-hydrogen) atoms. The van der Waals surface area contributed by atoms with Crippen LogP contribution in [-0.4, -0.2) is 27.3 Å². The molecule has 0 bridgehead atoms. The second-order valence-electron chi connectivity index (χ2n) is 4.97. The van der Waals surface area contributed by atoms with Crippen LogP contribution in [0.5, 0.6) is 11.5 Å². The molecular formula is C15H23NO2. The summed E-state index contributed by atoms with van der Waals surface area (Å²) in [6, 6.07) is 6.69. The first kappa shape index (κ1) is 13.2. The molecule has 0 radical (unpaired) electrons. The standard InChI is InChI=1S/C15H23NO2/c1-16-14-6-4-5-11(14)9-12-10-13(17-2)7-8-15(12)18-3/h7-8,10-11,14,16H,4-6,9H2,1-3H3. The molecule has 1 fully saturated rings. The third-order valence-corrected chi connectivity index (χ3v) is 4.00. The van der Waals surface area contributed by atoms with Crippen molar-refractivity contribution in [3.05, 3.63) is 23.8 Å². The van der Waals surface area contributed by atoms with E-state index in [1.165, 1.54) is 24.8 Å². The van der Waals surface area contributed by atoms with Crippen LogP contribution in [0.4, 0.5) is 0 Å². The van der Waals surface area contributed by atoms with Crippen LogP contribution < -0.4 is 14.8 Å². The zero-order valence-electron chi connectivity index (χ0n) is 11.5. The molecule has 0 amide bonds. The third-order valence-electron chi connectivity index (χ3n) is 4.00. The van der Waals surface area contributed by atoms with Crippen LogP contribution in [0.15, 0.2) is 18.2 Å². The van der Waals surface area contributed by atoms with Gasteiger partial charge in [-0.2, -0.15) is 0 Å². The van der Waals surface area contributed by atoms with Crippen LogP contribution in [-0.2, 0) is 6.42 Å². The van der Waals surface area contributed by atoms with Gasteiger partial charge in [-0.15, -0.1) is 0 Å². The normalized spacial score (nSPS) is 23.1. The minimum Gasteiger partial charge on any atom is -0.497 e. The Morgan fingerprint density at radius 2 is 2.06 bits per heavy atom. The Bertz CT molecular complexity index is 392. The Kier molecular flexibility index (Phi) is 4.48. The van der Waals surface area contributed by atoms with Crippen molar-refractivity contribution in [3.8, 4) is 11.5 Å². The maximum Gasteiger partial charge on any atom is 0.122 e. The summed E-state index contributed by atoms with van der Waals surface area (Å²) in [7, 11) is 5.50. The van der Waals surface area contributed by atoms with Gasteiger partial charge in [-0.25, -0.2) is 0 Å². The van der Waals surface area contributed by atoms with Crippen LogP contribution in [0.2, 0.25) is 0 Å². The number of hydrogen-bond donors (Lipinski definition) is 1. The summed E-state index contributed by atoms with van der Waals surface area (Å²) in [4.78, 5) is 0. The van der Waals surface area contributed by atoms with E-state index >= 15 is 0 Å². The van der Waals surface area contributed by atoms with E-state index < -0.39 is 0 Å². The molecule has 0 heterocycles. The van der Waals surface area contributed by atoms with Gasteiger partial charge in [0.2, 0.25) is 0 Å². The van der Waals surface area contributed by atoms with Crippen LogP contribution >= 0.6 is 0 Å². The molecule has 1 aromatic carbocycles. The van der Waals surface area contributed by atoms with Gasteiger partial charge >= 0.3 is 0 Å². The lowest BCUT2D eigenvalue weighted by Gasteiger charge is -2.20. The SMILES string of the molecule is CNC1CCCC1Cc1cc(OC)ccc1OC. The van der Waals surface area contributed by atoms with Crippen LogP contribution in [0, 0.1) is 5.92 Å². The predicted molar refractivity (Wildman–Crippen MR) is 73.4 cm³/mol. The van der Waals surface area contributed by atoms with Gasteiger partial charge < -0.3 is 14.8 Å². The zero-order chi connectivity index (χ0) is 13.0. The van der Waals surface area contributed by atoms with E-state index in [0.717, 1.165) is 17.9 Å². The fraction of sp³-hybridized carbons (Fsp3) is 0.600. The molecule has 2 unspecified atom stereocenters. The lowest BCUT2D eigenvalue weighted by atomic mass is 9.94. The summed E-state index contributed by atoms with van der Waals surface area (Å²) in [5, 5.41) is 3.43. The minimum atomic E-state index is 0.640. The van der Waals surface area contributed by atoms with Gasteiger partial charge in [0, 0.05) is 6.04 Å². The highest BCUT2D eigenvalue weighted by atomic mass is 16.5. The molecule has 0 aromatic heterocycles. The summed E-state index contributed by atoms with van der Waals surface area (Å²) in [6.45, 7) is 0. The summed E-state index contributed by atoms with van der Waals surface area (Å²) >= 11 is 0. The average Bonchev–Trinajstić information content (AvgIpc) is 2.86. The van der Waals surface area contributed by atoms with E-state index in [1.807, 2.05) is 12.1 Å². The van der Waals surface area contributed by atoms with Crippen LogP contribution in [0.1, 0.15) is 24.8 Å². The van der Waals surface area contributed by atoms with E-state index in [0.29, 0.717) is 12.0 Å². The van der Waals surface area contributed by atoms with Crippen molar-refractivity contribution in [2.45, 2.75) is 31.7 Å². The first-order valence-corrected chi connectivity index (χ1v) is 6.66. The number of hydrogen-bond acceptors (Lipinski definition) is 3. The molecular weight excluding hydrogens is 226 g/mol. The number of rotatable bonds is 5. The molecule has 3 nitrogen and oxygen atoms in total. The third kappa shape index (κ3) is 2.78. The Morgan fingerprint density at radius 1 is 1.22 bits per heavy atom. The van der Waals surface area contributed by atoms with Crippen molar-refractivity contribution < 1.29 is 9.47 Å². The largest absolute Gasteiger partial charge is 0.497 e. The molecule has 0 spiro atoms. The Hall–Kier alpha value is -1.22. The molecule has 1 aromatic rings. The lowest BCUT2D eigenvalue weighted by molar-refractivity contribution is 0.383. The van der Waals surface area contributed by atoms with Crippen molar-refractivity contribution in [2.24, 2.45) is 5.92 Å². The van der Waals surface area contributed by atoms with E-state index in [9.17, 15) is 0 Å². The molecule has 100 valence electrons. The van der Waals surface area contributed by atoms with E-state index in [1.54, 1.807) is 14.2 Å². The molecule has 1 aliphatic carbocycles. The van der Waals surface area contributed by atoms with Crippen molar-refractivity contribution in [1.82, 2.24) is 5.32 Å². The van der Waals surface area contributed by atoms with Gasteiger partial charge in [0.25, 0.3) is 0 Å². The Labute approximate surface area is 109 Å². The second kappa shape index (κ2) is 6.10. The quantitative estimate of drug-likeness (QED) is 0.870.